The fraction of sp³-hybridized carbons (Fsp3) is 0.789. The third kappa shape index (κ3) is 124. The largest absolute Gasteiger partial charge is 0.453 e. The average Bonchev–Trinajstić information content (AvgIpc) is 1.66. The van der Waals surface area contributed by atoms with Gasteiger partial charge < -0.3 is 78.4 Å². The van der Waals surface area contributed by atoms with E-state index in [9.17, 15) is 43.2 Å². The first-order valence-electron chi connectivity index (χ1n) is 53.9. The van der Waals surface area contributed by atoms with Crippen LogP contribution >= 0.6 is 0 Å². The fourth-order valence-electron chi connectivity index (χ4n) is 8.49. The lowest BCUT2D eigenvalue weighted by atomic mass is 10.0. The van der Waals surface area contributed by atoms with Gasteiger partial charge in [0, 0.05) is 221 Å². The van der Waals surface area contributed by atoms with Crippen LogP contribution in [0.25, 0.3) is 0 Å². The van der Waals surface area contributed by atoms with Crippen LogP contribution < -0.4 is 10.6 Å². The molecule has 0 aliphatic heterocycles. The van der Waals surface area contributed by atoms with Crippen LogP contribution in [0.1, 0.15) is 360 Å². The third-order valence-corrected chi connectivity index (χ3v) is 20.3. The van der Waals surface area contributed by atoms with E-state index in [1.54, 1.807) is 125 Å². The van der Waals surface area contributed by atoms with Crippen LogP contribution in [0.15, 0.2) is 62.2 Å². The molecule has 0 unspecified atom stereocenters. The molecule has 2 aliphatic rings. The molecule has 2 fully saturated rings. The summed E-state index contributed by atoms with van der Waals surface area (Å²) in [5, 5.41) is 36.0. The van der Waals surface area contributed by atoms with Crippen molar-refractivity contribution in [1.82, 2.24) is 115 Å². The van der Waals surface area contributed by atoms with E-state index < -0.39 is 0 Å². The minimum absolute atomic E-state index is 0.0532. The molecular weight excluding hydrogens is 1860 g/mol. The van der Waals surface area contributed by atoms with Crippen LogP contribution in [0.5, 0.6) is 0 Å². The minimum atomic E-state index is -0.285. The van der Waals surface area contributed by atoms with Gasteiger partial charge in [-0.25, -0.2) is 28.8 Å². The number of methoxy groups -OCH3 is 1. The second-order valence-corrected chi connectivity index (χ2v) is 33.1. The number of amides is 11. The van der Waals surface area contributed by atoms with E-state index in [2.05, 4.69) is 186 Å². The van der Waals surface area contributed by atoms with Gasteiger partial charge in [-0.15, -0.1) is 33.6 Å². The molecule has 4 heterocycles. The Morgan fingerprint density at radius 1 is 0.377 bits per heavy atom. The summed E-state index contributed by atoms with van der Waals surface area (Å²) in [6.45, 7) is 85.2. The van der Waals surface area contributed by atoms with Gasteiger partial charge in [-0.05, 0) is 199 Å². The summed E-state index contributed by atoms with van der Waals surface area (Å²) in [7, 11) is 24.0. The van der Waals surface area contributed by atoms with Gasteiger partial charge in [0.1, 0.15) is 0 Å². The van der Waals surface area contributed by atoms with E-state index in [0.29, 0.717) is 71.8 Å². The Hall–Kier alpha value is -10.2. The average molecular weight is 2090 g/mol. The quantitative estimate of drug-likeness (QED) is 0.0260. The van der Waals surface area contributed by atoms with Crippen molar-refractivity contribution in [1.29, 1.82) is 0 Å². The van der Waals surface area contributed by atoms with Crippen LogP contribution in [-0.4, -0.2) is 335 Å². The molecule has 0 radical (unpaired) electrons. The molecule has 2 N–H and O–H groups in total. The number of rotatable bonds is 32. The highest BCUT2D eigenvalue weighted by Gasteiger charge is 2.38. The Morgan fingerprint density at radius 2 is 0.692 bits per heavy atom. The third-order valence-electron chi connectivity index (χ3n) is 20.3. The van der Waals surface area contributed by atoms with Crippen molar-refractivity contribution < 1.29 is 66.8 Å². The highest BCUT2D eigenvalue weighted by Crippen LogP contribution is 2.51. The first-order valence-corrected chi connectivity index (χ1v) is 53.9. The molecule has 0 saturated heterocycles. The molecule has 0 aromatic carbocycles. The molecule has 146 heavy (non-hydrogen) atoms. The van der Waals surface area contributed by atoms with E-state index in [4.69, 9.17) is 4.74 Å². The summed E-state index contributed by atoms with van der Waals surface area (Å²) < 4.78 is 30.3. The topological polar surface area (TPSA) is 376 Å². The number of nitrogens with one attached hydrogen (secondary N) is 2. The molecular formula is C109H229N23O14. The normalized spacial score (nSPS) is 10.4. The summed E-state index contributed by atoms with van der Waals surface area (Å²) in [5.41, 5.74) is 5.79. The summed E-state index contributed by atoms with van der Waals surface area (Å²) in [6.07, 6.45) is 39.8. The number of ether oxygens (including phenoxy) is 5. The van der Waals surface area contributed by atoms with E-state index in [1.807, 2.05) is 185 Å². The number of hydrogen-bond acceptors (Lipinski definition) is 22. The molecule has 6 rings (SSSR count). The molecule has 37 heteroatoms. The van der Waals surface area contributed by atoms with Crippen LogP contribution in [0.2, 0.25) is 0 Å². The predicted octanol–water partition coefficient (Wildman–Crippen LogP) is 23.4. The van der Waals surface area contributed by atoms with Gasteiger partial charge in [0.05, 0.1) is 49.7 Å². The zero-order valence-electron chi connectivity index (χ0n) is 103. The van der Waals surface area contributed by atoms with Crippen molar-refractivity contribution in [2.75, 3.05) is 177 Å². The molecule has 0 atom stereocenters. The molecule has 864 valence electrons. The highest BCUT2D eigenvalue weighted by molar-refractivity contribution is 5.76. The van der Waals surface area contributed by atoms with Gasteiger partial charge in [-0.3, -0.25) is 33.1 Å². The first kappa shape index (κ1) is 166. The van der Waals surface area contributed by atoms with E-state index >= 15 is 0 Å². The Kier molecular flexibility index (Phi) is 141. The zero-order valence-corrected chi connectivity index (χ0v) is 103. The number of nitrogens with zero attached hydrogens (tertiary/aromatic N) is 21. The number of urea groups is 2. The van der Waals surface area contributed by atoms with Gasteiger partial charge in [0.2, 0.25) is 17.7 Å². The Labute approximate surface area is 894 Å². The second kappa shape index (κ2) is 123. The lowest BCUT2D eigenvalue weighted by Crippen LogP contribution is -2.35. The summed E-state index contributed by atoms with van der Waals surface area (Å²) in [5.74, 6) is 0.611. The van der Waals surface area contributed by atoms with Gasteiger partial charge in [0.15, 0.2) is 0 Å². The van der Waals surface area contributed by atoms with Gasteiger partial charge >= 0.3 is 36.4 Å². The van der Waals surface area contributed by atoms with Gasteiger partial charge in [-0.1, -0.05) is 201 Å². The van der Waals surface area contributed by atoms with Crippen LogP contribution in [-0.2, 0) is 84.0 Å². The molecule has 2 aliphatic carbocycles. The lowest BCUT2D eigenvalue weighted by molar-refractivity contribution is -0.130. The molecule has 4 aromatic rings. The molecule has 0 spiro atoms. The van der Waals surface area contributed by atoms with Crippen molar-refractivity contribution >= 4 is 54.2 Å². The predicted molar refractivity (Wildman–Crippen MR) is 612 cm³/mol. The molecule has 4 aromatic heterocycles. The van der Waals surface area contributed by atoms with Crippen LogP contribution in [0.3, 0.4) is 0 Å². The van der Waals surface area contributed by atoms with Crippen molar-refractivity contribution in [3.05, 3.63) is 85.0 Å². The number of carbonyl (C=O) groups excluding carboxylic acids is 9. The zero-order chi connectivity index (χ0) is 116. The SMILES string of the molecule is C=CCC.C=CCC.CC/C=C/CC.CCC(=O)N(C)C.CCC(=O)N(C)CC.CCC(=O)N(C)CC.CCC1(C)CC1.CCC1(CC)CC1.CCCCCC.CCN(C)C(=O)N(C)C.CCN(C)C(=O)OC.CCNC(=O)NCC.CCOC(=O)N(C)C.CCOC(=O)N(C)CC.CCOC(=O)N(C)CC.CCOCC.CCc1cn(C)nn1.CCc1cn(CC)nn1.CCc1cn(CC)nn1.CCn1cc(C)nn1. The number of hydrogen-bond donors (Lipinski definition) is 2. The van der Waals surface area contributed by atoms with Crippen LogP contribution in [0.4, 0.5) is 28.8 Å². The Balaban J connectivity index is -0.000000105. The maximum Gasteiger partial charge on any atom is 0.409 e. The smallest absolute Gasteiger partial charge is 0.409 e. The first-order chi connectivity index (χ1) is 68.9. The standard InChI is InChI=1S/C7H14.2C6H11N3.C6H14N2O.2C6H13NO2.2C6H13NO.C6H12.C6H14.C6H12.2C5H9N3.C5H12N2O.2C5H11NO2.C5H11NO.C4H10O.2C4H8/c1-3-7(4-2)5-6-7;2*1-3-6-5-9(4-2)8-7-6;1-5-8(4)6(9)7(2)3;2*1-4-7(3)6(8)9-5-2;2*1-4-6(8)7(3)5-2;1-3-6(2)4-5-6;2*1-3-5-6-4-2;1-3-5-4-8(2)7-6-5;1-3-8-4-5(2)6-7-8;1-3-6-5(8)7-4-2;1-4-6(2)5(7)8-3;1-4-8-5(7)6(2)3;1-4-5(7)6(2)3;1-3-5-4-2;2*1-3-4-2/h3-6H2,1-2H3;2*5H,3-4H2,1-2H3;5H2,1-4H3;2*4-5H2,1-3H3;2*4-5H2,1-3H3;3-5H2,1-2H3;3-6H2,1-2H3;5-6H,3-4H2,1-2H3;2*4H,3H2,1-2H3;3-4H2,1-2H3,(H2,6,7,8);2*4H2,1-3H3;4H2,1-3H3;3-4H2,1-2H3;2*3H,1,4H2,2H3/b;;;;;;;;;;6-5+;;;;;;;;;. The number of aryl methyl sites for hydroxylation is 8. The molecule has 2 saturated carbocycles. The number of unbranched alkanes of at least 4 members (excludes halogenated alkanes) is 3. The van der Waals surface area contributed by atoms with E-state index in [0.717, 1.165) is 118 Å². The summed E-state index contributed by atoms with van der Waals surface area (Å²) in [6, 6.07) is -0.0347. The number of carbonyl (C=O) groups is 9. The Morgan fingerprint density at radius 3 is 0.815 bits per heavy atom. The highest BCUT2D eigenvalue weighted by atomic mass is 16.6. The molecule has 0 bridgehead atoms. The van der Waals surface area contributed by atoms with Crippen LogP contribution in [0, 0.1) is 17.8 Å². The van der Waals surface area contributed by atoms with E-state index in [-0.39, 0.29) is 54.2 Å². The van der Waals surface area contributed by atoms with E-state index in [1.165, 1.54) is 110 Å². The minimum Gasteiger partial charge on any atom is -0.453 e. The maximum atomic E-state index is 10.9. The maximum absolute atomic E-state index is 10.9. The van der Waals surface area contributed by atoms with Crippen molar-refractivity contribution in [3.8, 4) is 0 Å². The van der Waals surface area contributed by atoms with Crippen molar-refractivity contribution in [2.45, 2.75) is 383 Å². The summed E-state index contributed by atoms with van der Waals surface area (Å²) in [4.78, 5) is 109. The van der Waals surface area contributed by atoms with Crippen molar-refractivity contribution in [2.24, 2.45) is 17.9 Å². The number of allylic oxidation sites excluding steroid dienone is 4. The molecule has 11 amide bonds. The van der Waals surface area contributed by atoms with Gasteiger partial charge in [-0.2, -0.15) is 0 Å². The number of aromatic nitrogens is 12. The van der Waals surface area contributed by atoms with Gasteiger partial charge in [0.25, 0.3) is 0 Å². The monoisotopic (exact) mass is 2080 g/mol. The second-order valence-electron chi connectivity index (χ2n) is 33.1. The van der Waals surface area contributed by atoms with Crippen molar-refractivity contribution in [3.63, 3.8) is 0 Å². The Bertz CT molecular complexity index is 3310. The summed E-state index contributed by atoms with van der Waals surface area (Å²) >= 11 is 0. The molecule has 37 nitrogen and oxygen atoms in total. The fourth-order valence-corrected chi connectivity index (χ4v) is 8.49. The lowest BCUT2D eigenvalue weighted by Gasteiger charge is -2.19.